The molecule has 12 heteroatoms. The fourth-order valence-corrected chi connectivity index (χ4v) is 8.68. The van der Waals surface area contributed by atoms with Crippen molar-refractivity contribution < 1.29 is 22.7 Å². The highest BCUT2D eigenvalue weighted by atomic mass is 32.2. The quantitative estimate of drug-likeness (QED) is 0.518. The molecule has 2 aliphatic heterocycles. The van der Waals surface area contributed by atoms with Crippen molar-refractivity contribution >= 4 is 43.5 Å². The maximum atomic E-state index is 13.7. The summed E-state index contributed by atoms with van der Waals surface area (Å²) in [6.07, 6.45) is 3.29. The average Bonchev–Trinajstić information content (AvgIpc) is 3.18. The first-order valence-corrected chi connectivity index (χ1v) is 14.7. The number of hydrogen-bond acceptors (Lipinski definition) is 8. The average molecular weight is 539 g/mol. The number of carbonyl (C=O) groups is 2. The van der Waals surface area contributed by atoms with Crippen LogP contribution in [0.2, 0.25) is 0 Å². The minimum atomic E-state index is -3.90. The second-order valence-electron chi connectivity index (χ2n) is 10.0. The third kappa shape index (κ3) is 5.21. The molecule has 4 heterocycles. The molecule has 2 aromatic rings. The lowest BCUT2D eigenvalue weighted by Gasteiger charge is -2.34. The molecule has 0 spiro atoms. The Balaban J connectivity index is 1.58. The van der Waals surface area contributed by atoms with Crippen LogP contribution in [0.1, 0.15) is 44.9 Å². The van der Waals surface area contributed by atoms with Crippen LogP contribution in [0.5, 0.6) is 0 Å². The molecule has 2 aromatic heterocycles. The molecule has 0 unspecified atom stereocenters. The van der Waals surface area contributed by atoms with Gasteiger partial charge in [-0.1, -0.05) is 13.8 Å². The van der Waals surface area contributed by atoms with E-state index in [2.05, 4.69) is 4.98 Å². The lowest BCUT2D eigenvalue weighted by atomic mass is 9.94. The Labute approximate surface area is 215 Å². The van der Waals surface area contributed by atoms with Crippen LogP contribution in [0.3, 0.4) is 0 Å². The van der Waals surface area contributed by atoms with Gasteiger partial charge in [0.15, 0.2) is 0 Å². The van der Waals surface area contributed by atoms with Gasteiger partial charge in [-0.15, -0.1) is 11.3 Å². The van der Waals surface area contributed by atoms with Gasteiger partial charge < -0.3 is 9.64 Å². The smallest absolute Gasteiger partial charge is 0.309 e. The van der Waals surface area contributed by atoms with E-state index in [4.69, 9.17) is 4.74 Å². The molecule has 2 fully saturated rings. The number of likely N-dealkylation sites (tertiary alicyclic amines) is 1. The minimum Gasteiger partial charge on any atom is -0.466 e. The van der Waals surface area contributed by atoms with Gasteiger partial charge >= 0.3 is 5.97 Å². The first-order chi connectivity index (χ1) is 17.0. The number of fused-ring (bicyclic) bond motifs is 1. The van der Waals surface area contributed by atoms with E-state index in [1.54, 1.807) is 18.7 Å². The van der Waals surface area contributed by atoms with Crippen LogP contribution < -0.4 is 5.56 Å². The molecule has 36 heavy (non-hydrogen) atoms. The van der Waals surface area contributed by atoms with Crippen LogP contribution in [-0.2, 0) is 30.9 Å². The molecule has 2 atom stereocenters. The van der Waals surface area contributed by atoms with Crippen molar-refractivity contribution in [2.75, 3.05) is 32.8 Å². The molecule has 0 saturated carbocycles. The van der Waals surface area contributed by atoms with Gasteiger partial charge in [0, 0.05) is 31.1 Å². The molecule has 1 amide bonds. The van der Waals surface area contributed by atoms with E-state index in [9.17, 15) is 22.8 Å². The normalized spacial score (nSPS) is 22.2. The Morgan fingerprint density at radius 1 is 1.17 bits per heavy atom. The Morgan fingerprint density at radius 3 is 2.42 bits per heavy atom. The van der Waals surface area contributed by atoms with Crippen LogP contribution in [0.15, 0.2) is 16.0 Å². The number of hydrogen-bond donors (Lipinski definition) is 0. The molecule has 0 radical (unpaired) electrons. The zero-order valence-electron chi connectivity index (χ0n) is 21.2. The molecule has 0 N–H and O–H groups in total. The summed E-state index contributed by atoms with van der Waals surface area (Å²) in [4.78, 5) is 45.2. The zero-order chi connectivity index (χ0) is 26.2. The number of esters is 1. The van der Waals surface area contributed by atoms with Crippen molar-refractivity contribution in [2.24, 2.45) is 17.8 Å². The van der Waals surface area contributed by atoms with Crippen molar-refractivity contribution in [1.82, 2.24) is 18.8 Å². The molecule has 0 aliphatic carbocycles. The van der Waals surface area contributed by atoms with Crippen molar-refractivity contribution in [3.8, 4) is 0 Å². The number of nitrogens with zero attached hydrogens (tertiary/aromatic N) is 4. The van der Waals surface area contributed by atoms with E-state index >= 15 is 0 Å². The van der Waals surface area contributed by atoms with E-state index in [1.807, 2.05) is 13.8 Å². The van der Waals surface area contributed by atoms with Crippen LogP contribution in [0, 0.1) is 24.7 Å². The number of thiophene rings is 1. The van der Waals surface area contributed by atoms with Crippen LogP contribution in [0.4, 0.5) is 0 Å². The predicted octanol–water partition coefficient (Wildman–Crippen LogP) is 2.23. The SMILES string of the molecule is CCOC(=O)C1CCN(C(=O)Cn2cnc3sc(C)c(S(=O)(=O)N4C[C@H](C)C[C@H](C)C4)c3c2=O)CC1. The number of aryl methyl sites for hydroxylation is 1. The van der Waals surface area contributed by atoms with Crippen LogP contribution in [-0.4, -0.2) is 71.8 Å². The van der Waals surface area contributed by atoms with Gasteiger partial charge in [-0.25, -0.2) is 13.4 Å². The third-order valence-corrected chi connectivity index (χ3v) is 10.2. The highest BCUT2D eigenvalue weighted by Crippen LogP contribution is 2.35. The molecule has 2 aliphatic rings. The summed E-state index contributed by atoms with van der Waals surface area (Å²) in [5.74, 6) is -0.273. The van der Waals surface area contributed by atoms with Crippen molar-refractivity contribution in [3.63, 3.8) is 0 Å². The first-order valence-electron chi connectivity index (χ1n) is 12.5. The van der Waals surface area contributed by atoms with Crippen molar-refractivity contribution in [1.29, 1.82) is 0 Å². The Kier molecular flexibility index (Phi) is 7.86. The predicted molar refractivity (Wildman–Crippen MR) is 136 cm³/mol. The van der Waals surface area contributed by atoms with Gasteiger partial charge in [0.2, 0.25) is 15.9 Å². The fourth-order valence-electron chi connectivity index (χ4n) is 5.34. The standard InChI is InChI=1S/C24H34N4O6S2/c1-5-34-24(31)18-6-8-26(9-7-18)19(29)13-27-14-25-22-20(23(27)30)21(17(4)35-22)36(32,33)28-11-15(2)10-16(3)12-28/h14-16,18H,5-13H2,1-4H3/t15-,16+. The fraction of sp³-hybridized carbons (Fsp3) is 0.667. The maximum absolute atomic E-state index is 13.7. The molecule has 2 saturated heterocycles. The molecular weight excluding hydrogens is 504 g/mol. The number of sulfonamides is 1. The van der Waals surface area contributed by atoms with E-state index in [0.717, 1.165) is 6.42 Å². The van der Waals surface area contributed by atoms with E-state index < -0.39 is 15.6 Å². The summed E-state index contributed by atoms with van der Waals surface area (Å²) >= 11 is 1.18. The summed E-state index contributed by atoms with van der Waals surface area (Å²) < 4.78 is 35.1. The van der Waals surface area contributed by atoms with Gasteiger partial charge in [0.05, 0.1) is 24.2 Å². The van der Waals surface area contributed by atoms with Gasteiger partial charge in [0.1, 0.15) is 16.3 Å². The van der Waals surface area contributed by atoms with E-state index in [-0.39, 0.29) is 46.5 Å². The minimum absolute atomic E-state index is 0.0124. The number of rotatable bonds is 6. The first kappa shape index (κ1) is 26.7. The van der Waals surface area contributed by atoms with E-state index in [1.165, 1.54) is 26.5 Å². The van der Waals surface area contributed by atoms with Gasteiger partial charge in [0.25, 0.3) is 5.56 Å². The molecule has 198 valence electrons. The highest BCUT2D eigenvalue weighted by molar-refractivity contribution is 7.89. The summed E-state index contributed by atoms with van der Waals surface area (Å²) in [7, 11) is -3.90. The lowest BCUT2D eigenvalue weighted by molar-refractivity contribution is -0.151. The van der Waals surface area contributed by atoms with Crippen molar-refractivity contribution in [3.05, 3.63) is 21.6 Å². The number of aromatic nitrogens is 2. The lowest BCUT2D eigenvalue weighted by Crippen LogP contribution is -2.43. The van der Waals surface area contributed by atoms with Gasteiger partial charge in [-0.05, 0) is 44.9 Å². The molecular formula is C24H34N4O6S2. The monoisotopic (exact) mass is 538 g/mol. The number of amides is 1. The zero-order valence-corrected chi connectivity index (χ0v) is 22.9. The largest absolute Gasteiger partial charge is 0.466 e. The molecule has 0 aromatic carbocycles. The Hall–Kier alpha value is -2.31. The molecule has 0 bridgehead atoms. The number of piperidine rings is 2. The van der Waals surface area contributed by atoms with Gasteiger partial charge in [-0.2, -0.15) is 4.31 Å². The van der Waals surface area contributed by atoms with E-state index in [0.29, 0.717) is 55.3 Å². The highest BCUT2D eigenvalue weighted by Gasteiger charge is 2.36. The second-order valence-corrected chi connectivity index (χ2v) is 13.1. The van der Waals surface area contributed by atoms with Crippen LogP contribution >= 0.6 is 11.3 Å². The molecule has 10 nitrogen and oxygen atoms in total. The summed E-state index contributed by atoms with van der Waals surface area (Å²) in [5, 5.41) is 0.0553. The number of ether oxygens (including phenoxy) is 1. The Morgan fingerprint density at radius 2 is 1.81 bits per heavy atom. The summed E-state index contributed by atoms with van der Waals surface area (Å²) in [6, 6.07) is 0. The van der Waals surface area contributed by atoms with Crippen molar-refractivity contribution in [2.45, 2.75) is 58.4 Å². The van der Waals surface area contributed by atoms with Crippen LogP contribution in [0.25, 0.3) is 10.2 Å². The third-order valence-electron chi connectivity index (χ3n) is 7.01. The second kappa shape index (κ2) is 10.6. The van der Waals surface area contributed by atoms with Gasteiger partial charge in [-0.3, -0.25) is 19.0 Å². The summed E-state index contributed by atoms with van der Waals surface area (Å²) in [5.41, 5.74) is -0.532. The topological polar surface area (TPSA) is 119 Å². The number of carbonyl (C=O) groups excluding carboxylic acids is 2. The summed E-state index contributed by atoms with van der Waals surface area (Å²) in [6.45, 7) is 9.24. The Bertz CT molecular complexity index is 1300. The maximum Gasteiger partial charge on any atom is 0.309 e. The molecule has 4 rings (SSSR count).